The lowest BCUT2D eigenvalue weighted by Gasteiger charge is -2.13. The molecule has 0 aliphatic carbocycles. The van der Waals surface area contributed by atoms with Gasteiger partial charge in [0.15, 0.2) is 5.69 Å². The van der Waals surface area contributed by atoms with E-state index >= 15 is 0 Å². The Morgan fingerprint density at radius 1 is 1.29 bits per heavy atom. The van der Waals surface area contributed by atoms with Gasteiger partial charge in [-0.15, -0.1) is 0 Å². The summed E-state index contributed by atoms with van der Waals surface area (Å²) in [5.41, 5.74) is -4.55. The van der Waals surface area contributed by atoms with Gasteiger partial charge >= 0.3 is 11.9 Å². The third kappa shape index (κ3) is 3.73. The van der Waals surface area contributed by atoms with Gasteiger partial charge in [-0.3, -0.25) is 20.2 Å². The molecule has 0 aliphatic rings. The molecule has 0 aliphatic heterocycles. The number of alkyl halides is 4. The highest BCUT2D eigenvalue weighted by atomic mass is 79.9. The van der Waals surface area contributed by atoms with Crippen molar-refractivity contribution in [2.75, 3.05) is 17.2 Å². The molecule has 0 amide bonds. The standard InChI is InChI=1S/C9H6BrClF3N3O4/c10-1-2-15-7-5(16(18)19)3-4(9(12,13)14)6(11)8(7)17(20)21/h3,15H,1-2H2. The SMILES string of the molecule is O=[N+]([O-])c1cc(C(F)(F)F)c(Cl)c([N+](=O)[O-])c1NCCBr. The molecule has 0 atom stereocenters. The third-order valence-corrected chi connectivity index (χ3v) is 3.08. The zero-order valence-corrected chi connectivity index (χ0v) is 12.3. The Morgan fingerprint density at radius 2 is 1.86 bits per heavy atom. The van der Waals surface area contributed by atoms with Gasteiger partial charge in [-0.2, -0.15) is 13.2 Å². The minimum atomic E-state index is -5.06. The van der Waals surface area contributed by atoms with Crippen molar-refractivity contribution >= 4 is 44.6 Å². The number of nitro benzene ring substituents is 2. The molecule has 0 radical (unpaired) electrons. The number of benzene rings is 1. The number of anilines is 1. The van der Waals surface area contributed by atoms with E-state index < -0.39 is 43.7 Å². The van der Waals surface area contributed by atoms with Gasteiger partial charge in [0.25, 0.3) is 5.69 Å². The topological polar surface area (TPSA) is 98.3 Å². The molecule has 1 aromatic carbocycles. The molecule has 1 rings (SSSR count). The maximum atomic E-state index is 12.8. The van der Waals surface area contributed by atoms with Crippen molar-refractivity contribution in [3.63, 3.8) is 0 Å². The second kappa shape index (κ2) is 6.43. The van der Waals surface area contributed by atoms with Crippen LogP contribution in [0, 0.1) is 20.2 Å². The van der Waals surface area contributed by atoms with E-state index in [0.717, 1.165) is 0 Å². The number of nitrogens with one attached hydrogen (secondary N) is 1. The van der Waals surface area contributed by atoms with E-state index in [1.54, 1.807) is 0 Å². The van der Waals surface area contributed by atoms with Crippen LogP contribution in [0.15, 0.2) is 6.07 Å². The van der Waals surface area contributed by atoms with Gasteiger partial charge < -0.3 is 5.32 Å². The molecule has 1 aromatic rings. The van der Waals surface area contributed by atoms with Crippen LogP contribution in [-0.2, 0) is 6.18 Å². The van der Waals surface area contributed by atoms with E-state index in [4.69, 9.17) is 11.6 Å². The van der Waals surface area contributed by atoms with Crippen LogP contribution in [0.3, 0.4) is 0 Å². The van der Waals surface area contributed by atoms with Crippen molar-refractivity contribution in [1.29, 1.82) is 0 Å². The summed E-state index contributed by atoms with van der Waals surface area (Å²) in [5.74, 6) is 0. The van der Waals surface area contributed by atoms with Gasteiger partial charge in [0.2, 0.25) is 0 Å². The minimum Gasteiger partial charge on any atom is -0.373 e. The maximum absolute atomic E-state index is 12.8. The summed E-state index contributed by atoms with van der Waals surface area (Å²) >= 11 is 8.39. The van der Waals surface area contributed by atoms with Crippen molar-refractivity contribution in [3.05, 3.63) is 36.9 Å². The van der Waals surface area contributed by atoms with Crippen LogP contribution in [0.1, 0.15) is 5.56 Å². The number of hydrogen-bond acceptors (Lipinski definition) is 5. The predicted octanol–water partition coefficient (Wildman–Crippen LogP) is 3.98. The molecule has 0 saturated carbocycles. The molecule has 0 spiro atoms. The average Bonchev–Trinajstić information content (AvgIpc) is 2.33. The Hall–Kier alpha value is -1.62. The summed E-state index contributed by atoms with van der Waals surface area (Å²) < 4.78 is 38.3. The van der Waals surface area contributed by atoms with Crippen molar-refractivity contribution in [2.24, 2.45) is 0 Å². The average molecular weight is 393 g/mol. The van der Waals surface area contributed by atoms with Crippen LogP contribution in [-0.4, -0.2) is 21.7 Å². The fourth-order valence-electron chi connectivity index (χ4n) is 1.50. The fraction of sp³-hybridized carbons (Fsp3) is 0.333. The lowest BCUT2D eigenvalue weighted by molar-refractivity contribution is -0.392. The first-order chi connectivity index (χ1) is 9.61. The van der Waals surface area contributed by atoms with Gasteiger partial charge in [0.05, 0.1) is 15.4 Å². The van der Waals surface area contributed by atoms with Gasteiger partial charge in [-0.05, 0) is 0 Å². The Bertz CT molecular complexity index is 597. The van der Waals surface area contributed by atoms with Crippen molar-refractivity contribution in [2.45, 2.75) is 6.18 Å². The molecule has 0 bridgehead atoms. The van der Waals surface area contributed by atoms with Crippen LogP contribution in [0.5, 0.6) is 0 Å². The highest BCUT2D eigenvalue weighted by Crippen LogP contribution is 2.47. The van der Waals surface area contributed by atoms with Crippen molar-refractivity contribution in [3.8, 4) is 0 Å². The number of nitro groups is 2. The number of halogens is 5. The summed E-state index contributed by atoms with van der Waals surface area (Å²) in [7, 11) is 0. The zero-order valence-electron chi connectivity index (χ0n) is 9.91. The van der Waals surface area contributed by atoms with Crippen LogP contribution in [0.2, 0.25) is 5.02 Å². The Kier molecular flexibility index (Phi) is 5.34. The molecule has 0 heterocycles. The highest BCUT2D eigenvalue weighted by Gasteiger charge is 2.41. The van der Waals surface area contributed by atoms with Gasteiger partial charge in [-0.1, -0.05) is 27.5 Å². The Balaban J connectivity index is 3.73. The maximum Gasteiger partial charge on any atom is 0.418 e. The molecular formula is C9H6BrClF3N3O4. The second-order valence-electron chi connectivity index (χ2n) is 3.61. The van der Waals surface area contributed by atoms with E-state index in [1.807, 2.05) is 0 Å². The minimum absolute atomic E-state index is 0.0172. The molecule has 116 valence electrons. The van der Waals surface area contributed by atoms with Crippen LogP contribution in [0.4, 0.5) is 30.2 Å². The second-order valence-corrected chi connectivity index (χ2v) is 4.78. The fourth-order valence-corrected chi connectivity index (χ4v) is 2.02. The zero-order chi connectivity index (χ0) is 16.4. The molecule has 7 nitrogen and oxygen atoms in total. The molecule has 0 saturated heterocycles. The lowest BCUT2D eigenvalue weighted by atomic mass is 10.1. The van der Waals surface area contributed by atoms with E-state index in [1.165, 1.54) is 0 Å². The monoisotopic (exact) mass is 391 g/mol. The van der Waals surface area contributed by atoms with Crippen molar-refractivity contribution < 1.29 is 23.0 Å². The molecule has 0 aromatic heterocycles. The summed E-state index contributed by atoms with van der Waals surface area (Å²) in [5, 5.41) is 23.2. The summed E-state index contributed by atoms with van der Waals surface area (Å²) in [6.07, 6.45) is -5.06. The van der Waals surface area contributed by atoms with E-state index in [0.29, 0.717) is 0 Å². The number of rotatable bonds is 5. The van der Waals surface area contributed by atoms with E-state index in [2.05, 4.69) is 21.2 Å². The predicted molar refractivity (Wildman–Crippen MR) is 72.0 cm³/mol. The van der Waals surface area contributed by atoms with Crippen LogP contribution >= 0.6 is 27.5 Å². The van der Waals surface area contributed by atoms with Gasteiger partial charge in [0, 0.05) is 17.9 Å². The van der Waals surface area contributed by atoms with Crippen LogP contribution < -0.4 is 5.32 Å². The first kappa shape index (κ1) is 17.4. The normalized spacial score (nSPS) is 11.3. The molecular weight excluding hydrogens is 386 g/mol. The first-order valence-electron chi connectivity index (χ1n) is 5.13. The quantitative estimate of drug-likeness (QED) is 0.464. The smallest absolute Gasteiger partial charge is 0.373 e. The molecule has 1 N–H and O–H groups in total. The van der Waals surface area contributed by atoms with Gasteiger partial charge in [-0.25, -0.2) is 0 Å². The first-order valence-corrected chi connectivity index (χ1v) is 6.63. The lowest BCUT2D eigenvalue weighted by Crippen LogP contribution is -2.13. The summed E-state index contributed by atoms with van der Waals surface area (Å²) in [6.45, 7) is 0.0172. The van der Waals surface area contributed by atoms with E-state index in [9.17, 15) is 33.4 Å². The van der Waals surface area contributed by atoms with Gasteiger partial charge in [0.1, 0.15) is 5.02 Å². The molecule has 0 unspecified atom stereocenters. The number of nitrogens with zero attached hydrogens (tertiary/aromatic N) is 2. The molecule has 12 heteroatoms. The summed E-state index contributed by atoms with van der Waals surface area (Å²) in [4.78, 5) is 19.5. The molecule has 0 fully saturated rings. The third-order valence-electron chi connectivity index (χ3n) is 2.30. The Labute approximate surface area is 128 Å². The largest absolute Gasteiger partial charge is 0.418 e. The van der Waals surface area contributed by atoms with Crippen LogP contribution in [0.25, 0.3) is 0 Å². The summed E-state index contributed by atoms with van der Waals surface area (Å²) in [6, 6.07) is 0.173. The van der Waals surface area contributed by atoms with E-state index in [-0.39, 0.29) is 17.9 Å². The van der Waals surface area contributed by atoms with Crippen molar-refractivity contribution in [1.82, 2.24) is 0 Å². The number of hydrogen-bond donors (Lipinski definition) is 1. The molecule has 21 heavy (non-hydrogen) atoms. The highest BCUT2D eigenvalue weighted by molar-refractivity contribution is 9.09. The Morgan fingerprint density at radius 3 is 2.24 bits per heavy atom.